The number of fused-ring (bicyclic) bond motifs is 8. The van der Waals surface area contributed by atoms with Crippen molar-refractivity contribution in [1.82, 2.24) is 0 Å². The molecule has 8 aliphatic rings. The number of cyclic esters (lactones) is 2. The summed E-state index contributed by atoms with van der Waals surface area (Å²) in [6, 6.07) is 20.1. The fourth-order valence-electron chi connectivity index (χ4n) is 15.1. The van der Waals surface area contributed by atoms with Crippen LogP contribution in [-0.2, 0) is 49.3 Å². The van der Waals surface area contributed by atoms with Gasteiger partial charge < -0.3 is 18.9 Å². The molecule has 8 nitrogen and oxygen atoms in total. The summed E-state index contributed by atoms with van der Waals surface area (Å²) in [6.45, 7) is 29.5. The molecule has 0 N–H and O–H groups in total. The monoisotopic (exact) mass is 949 g/mol. The summed E-state index contributed by atoms with van der Waals surface area (Å²) in [5, 5.41) is 0. The van der Waals surface area contributed by atoms with E-state index in [2.05, 4.69) is 117 Å². The average molecular weight is 949 g/mol. The predicted octanol–water partition coefficient (Wildman–Crippen LogP) is 12.4. The number of carbonyl (C=O) groups is 4. The zero-order valence-electron chi connectivity index (χ0n) is 43.3. The number of allylic oxidation sites excluding steroid dienone is 6. The minimum Gasteiger partial charge on any atom is -0.462 e. The van der Waals surface area contributed by atoms with Crippen molar-refractivity contribution in [3.63, 3.8) is 0 Å². The van der Waals surface area contributed by atoms with Gasteiger partial charge in [0.05, 0.1) is 22.7 Å². The lowest BCUT2D eigenvalue weighted by atomic mass is 9.42. The molecule has 2 saturated carbocycles. The Labute approximate surface area is 417 Å². The van der Waals surface area contributed by atoms with E-state index >= 15 is 0 Å². The third-order valence-electron chi connectivity index (χ3n) is 19.0. The van der Waals surface area contributed by atoms with Crippen molar-refractivity contribution in [2.45, 2.75) is 130 Å². The van der Waals surface area contributed by atoms with Crippen LogP contribution in [0.3, 0.4) is 0 Å². The molecule has 4 aliphatic carbocycles. The van der Waals surface area contributed by atoms with Gasteiger partial charge in [-0.2, -0.15) is 0 Å². The fourth-order valence-corrected chi connectivity index (χ4v) is 15.1. The van der Waals surface area contributed by atoms with Gasteiger partial charge in [0.15, 0.2) is 11.6 Å². The second-order valence-corrected chi connectivity index (χ2v) is 23.4. The van der Waals surface area contributed by atoms with Gasteiger partial charge in [0, 0.05) is 11.8 Å². The molecule has 70 heavy (non-hydrogen) atoms. The Bertz CT molecular complexity index is 2400. The van der Waals surface area contributed by atoms with E-state index in [1.165, 1.54) is 22.3 Å². The third kappa shape index (κ3) is 6.80. The van der Waals surface area contributed by atoms with E-state index in [0.717, 1.165) is 49.7 Å². The predicted molar refractivity (Wildman–Crippen MR) is 273 cm³/mol. The Balaban J connectivity index is 0.000000174. The van der Waals surface area contributed by atoms with Gasteiger partial charge >= 0.3 is 11.9 Å². The van der Waals surface area contributed by atoms with Crippen molar-refractivity contribution in [2.75, 3.05) is 13.2 Å². The number of ether oxygens (including phenoxy) is 4. The smallest absolute Gasteiger partial charge is 0.347 e. The zero-order chi connectivity index (χ0) is 50.3. The van der Waals surface area contributed by atoms with Crippen molar-refractivity contribution in [1.29, 1.82) is 0 Å². The highest BCUT2D eigenvalue weighted by molar-refractivity contribution is 6.14. The molecule has 372 valence electrons. The van der Waals surface area contributed by atoms with Crippen molar-refractivity contribution in [3.05, 3.63) is 144 Å². The Morgan fingerprint density at radius 1 is 0.600 bits per heavy atom. The van der Waals surface area contributed by atoms with Gasteiger partial charge in [-0.25, -0.2) is 9.59 Å². The summed E-state index contributed by atoms with van der Waals surface area (Å²) in [6.07, 6.45) is 18.9. The Morgan fingerprint density at radius 3 is 1.29 bits per heavy atom. The van der Waals surface area contributed by atoms with E-state index in [9.17, 15) is 19.2 Å². The first-order valence-corrected chi connectivity index (χ1v) is 26.1. The fraction of sp³-hybridized carbons (Fsp3) is 0.548. The highest BCUT2D eigenvalue weighted by Crippen LogP contribution is 2.75. The highest BCUT2D eigenvalue weighted by Gasteiger charge is 2.85. The summed E-state index contributed by atoms with van der Waals surface area (Å²) in [7, 11) is 0. The van der Waals surface area contributed by atoms with Crippen LogP contribution in [0.4, 0.5) is 0 Å². The molecule has 16 atom stereocenters. The topological polar surface area (TPSA) is 105 Å². The van der Waals surface area contributed by atoms with E-state index < -0.39 is 45.2 Å². The molecule has 4 saturated heterocycles. The van der Waals surface area contributed by atoms with Crippen LogP contribution in [0.25, 0.3) is 0 Å². The molecule has 0 bridgehead atoms. The van der Waals surface area contributed by atoms with Crippen LogP contribution < -0.4 is 0 Å². The van der Waals surface area contributed by atoms with Gasteiger partial charge in [-0.3, -0.25) is 9.59 Å². The number of esters is 2. The zero-order valence-corrected chi connectivity index (χ0v) is 43.3. The molecule has 0 unspecified atom stereocenters. The molecule has 4 heterocycles. The number of Topliss-reactive ketones (excluding diaryl/α,β-unsaturated/α-hetero) is 2. The molecule has 8 heteroatoms. The van der Waals surface area contributed by atoms with Crippen molar-refractivity contribution in [2.24, 2.45) is 70.0 Å². The number of rotatable bonds is 12. The lowest BCUT2D eigenvalue weighted by Gasteiger charge is -2.62. The van der Waals surface area contributed by atoms with E-state index in [4.69, 9.17) is 18.9 Å². The minimum absolute atomic E-state index is 0.0605. The van der Waals surface area contributed by atoms with Crippen LogP contribution in [0.1, 0.15) is 119 Å². The first-order chi connectivity index (χ1) is 33.3. The molecule has 0 amide bonds. The number of carbonyl (C=O) groups excluding carboxylic acids is 4. The molecule has 0 aromatic heterocycles. The van der Waals surface area contributed by atoms with Crippen LogP contribution in [0.2, 0.25) is 0 Å². The van der Waals surface area contributed by atoms with Gasteiger partial charge in [-0.1, -0.05) is 133 Å². The summed E-state index contributed by atoms with van der Waals surface area (Å²) in [5.41, 5.74) is 0.394. The number of hydrogen-bond donors (Lipinski definition) is 0. The average Bonchev–Trinajstić information content (AvgIpc) is 3.92. The van der Waals surface area contributed by atoms with E-state index in [1.54, 1.807) is 12.2 Å². The molecule has 0 radical (unpaired) electrons. The molecule has 2 spiro atoms. The van der Waals surface area contributed by atoms with Gasteiger partial charge in [0.1, 0.15) is 24.4 Å². The van der Waals surface area contributed by atoms with Crippen LogP contribution in [-0.4, -0.2) is 47.9 Å². The maximum Gasteiger partial charge on any atom is 0.347 e. The lowest BCUT2D eigenvalue weighted by molar-refractivity contribution is -0.234. The number of ketones is 2. The largest absolute Gasteiger partial charge is 0.462 e. The summed E-state index contributed by atoms with van der Waals surface area (Å²) in [4.78, 5) is 55.7. The first kappa shape index (κ1) is 50.0. The summed E-state index contributed by atoms with van der Waals surface area (Å²) in [5.74, 6) is -0.00201. The molecule has 10 rings (SSSR count). The van der Waals surface area contributed by atoms with Crippen LogP contribution in [0, 0.1) is 70.0 Å². The van der Waals surface area contributed by atoms with Crippen molar-refractivity contribution >= 4 is 23.5 Å². The molecule has 2 aromatic rings. The minimum atomic E-state index is -1.64. The molecule has 2 aromatic carbocycles. The van der Waals surface area contributed by atoms with Gasteiger partial charge in [0.25, 0.3) is 0 Å². The standard InChI is InChI=1S/2C31H38O4/c2*1-7-29(6)18-34-28(33)31(29)27(32)26-24-23(20(4)13-11-12-19(2)3)17-16-21(5)25(24)30(26,35-31)22-14-9-8-10-15-22/h2*7-10,12,14-16,20,23-26H,1,11,13,17-18H2,2-6H3/t2*20-,23+,24+,25-,26+,29+,30+,31+/m11/s1. The number of benzene rings is 2. The van der Waals surface area contributed by atoms with E-state index in [1.807, 2.05) is 50.2 Å². The van der Waals surface area contributed by atoms with Crippen LogP contribution in [0.15, 0.2) is 133 Å². The number of hydrogen-bond acceptors (Lipinski definition) is 8. The summed E-state index contributed by atoms with van der Waals surface area (Å²) < 4.78 is 24.9. The maximum atomic E-state index is 14.5. The second kappa shape index (κ2) is 18.0. The Morgan fingerprint density at radius 2 is 0.957 bits per heavy atom. The Kier molecular flexibility index (Phi) is 12.9. The lowest BCUT2D eigenvalue weighted by Crippen LogP contribution is -2.64. The highest BCUT2D eigenvalue weighted by atomic mass is 16.6. The van der Waals surface area contributed by atoms with Crippen LogP contribution >= 0.6 is 0 Å². The van der Waals surface area contributed by atoms with E-state index in [0.29, 0.717) is 23.7 Å². The molecule has 4 aliphatic heterocycles. The Hall–Kier alpha value is -4.92. The van der Waals surface area contributed by atoms with Crippen molar-refractivity contribution < 1.29 is 38.1 Å². The van der Waals surface area contributed by atoms with Gasteiger partial charge in [0.2, 0.25) is 11.2 Å². The van der Waals surface area contributed by atoms with Crippen LogP contribution in [0.5, 0.6) is 0 Å². The summed E-state index contributed by atoms with van der Waals surface area (Å²) >= 11 is 0. The molecule has 6 fully saturated rings. The van der Waals surface area contributed by atoms with Crippen molar-refractivity contribution in [3.8, 4) is 0 Å². The first-order valence-electron chi connectivity index (χ1n) is 26.1. The molecular weight excluding hydrogens is 873 g/mol. The van der Waals surface area contributed by atoms with E-state index in [-0.39, 0.29) is 60.3 Å². The van der Waals surface area contributed by atoms with Gasteiger partial charge in [-0.05, 0) is 141 Å². The van der Waals surface area contributed by atoms with Gasteiger partial charge in [-0.15, -0.1) is 13.2 Å². The SMILES string of the molecule is C=C[C@@]1(C)COC(=O)[C@]12O[C@]1(c3ccccc3)[C@H](C2=O)[C@H]2[C@H]([C@H](C)CCC=C(C)C)CC=C(C)[C@H]21.C=C[C@@]1(C)COC(=O)[C@]12O[C@]1(c3ccccc3)[C@H](C2=O)[C@H]2[C@H]([C@H](C)CCC=C(C)C)CC=C(C)[C@H]21. The quantitative estimate of drug-likeness (QED) is 0.118. The third-order valence-corrected chi connectivity index (χ3v) is 19.0. The second-order valence-electron chi connectivity index (χ2n) is 23.4. The molecular formula is C62H76O8. The maximum absolute atomic E-state index is 14.5. The normalized spacial score (nSPS) is 40.3.